The number of aromatic nitrogens is 4. The van der Waals surface area contributed by atoms with Crippen molar-refractivity contribution in [1.82, 2.24) is 24.1 Å². The van der Waals surface area contributed by atoms with Gasteiger partial charge in [0.1, 0.15) is 0 Å². The summed E-state index contributed by atoms with van der Waals surface area (Å²) >= 11 is 7.81. The van der Waals surface area contributed by atoms with Crippen LogP contribution in [0.5, 0.6) is 0 Å². The van der Waals surface area contributed by atoms with Crippen LogP contribution in [0.1, 0.15) is 19.4 Å². The number of rotatable bonds is 7. The van der Waals surface area contributed by atoms with Crippen LogP contribution in [0.4, 0.5) is 0 Å². The molecule has 2 aromatic heterocycles. The number of benzene rings is 2. The molecular formula is C21H22ClN5OS. The highest BCUT2D eigenvalue weighted by atomic mass is 35.5. The Morgan fingerprint density at radius 1 is 1.03 bits per heavy atom. The van der Waals surface area contributed by atoms with Crippen molar-refractivity contribution in [3.8, 4) is 0 Å². The van der Waals surface area contributed by atoms with Gasteiger partial charge in [0.15, 0.2) is 5.16 Å². The molecule has 0 aliphatic rings. The molecule has 4 rings (SSSR count). The first-order valence-corrected chi connectivity index (χ1v) is 11.0. The quantitative estimate of drug-likeness (QED) is 0.411. The lowest BCUT2D eigenvalue weighted by Gasteiger charge is -2.17. The summed E-state index contributed by atoms with van der Waals surface area (Å²) in [5.41, 5.74) is 3.08. The van der Waals surface area contributed by atoms with Gasteiger partial charge in [-0.1, -0.05) is 53.7 Å². The van der Waals surface area contributed by atoms with Crippen molar-refractivity contribution < 1.29 is 4.79 Å². The van der Waals surface area contributed by atoms with E-state index in [9.17, 15) is 4.79 Å². The van der Waals surface area contributed by atoms with Gasteiger partial charge >= 0.3 is 0 Å². The Bertz CT molecular complexity index is 1160. The number of fused-ring (bicyclic) bond motifs is 3. The zero-order valence-electron chi connectivity index (χ0n) is 16.4. The predicted molar refractivity (Wildman–Crippen MR) is 118 cm³/mol. The molecule has 0 aliphatic carbocycles. The van der Waals surface area contributed by atoms with Crippen molar-refractivity contribution in [2.24, 2.45) is 0 Å². The second kappa shape index (κ2) is 8.47. The van der Waals surface area contributed by atoms with Crippen molar-refractivity contribution in [2.75, 3.05) is 18.8 Å². The third-order valence-corrected chi connectivity index (χ3v) is 6.28. The van der Waals surface area contributed by atoms with Crippen molar-refractivity contribution >= 4 is 46.1 Å². The third kappa shape index (κ3) is 3.72. The first kappa shape index (κ1) is 19.8. The highest BCUT2D eigenvalue weighted by Gasteiger charge is 2.19. The van der Waals surface area contributed by atoms with Crippen LogP contribution in [-0.2, 0) is 11.3 Å². The summed E-state index contributed by atoms with van der Waals surface area (Å²) in [7, 11) is 0. The van der Waals surface area contributed by atoms with Gasteiger partial charge in [0.25, 0.3) is 0 Å². The molecule has 0 spiro atoms. The molecule has 150 valence electrons. The summed E-state index contributed by atoms with van der Waals surface area (Å²) < 4.78 is 4.13. The van der Waals surface area contributed by atoms with E-state index in [1.165, 1.54) is 11.8 Å². The molecule has 0 saturated carbocycles. The Kier molecular flexibility index (Phi) is 5.78. The highest BCUT2D eigenvalue weighted by Crippen LogP contribution is 2.28. The van der Waals surface area contributed by atoms with Crippen LogP contribution in [0.3, 0.4) is 0 Å². The molecule has 0 unspecified atom stereocenters. The van der Waals surface area contributed by atoms with Crippen LogP contribution in [0, 0.1) is 0 Å². The van der Waals surface area contributed by atoms with E-state index in [1.54, 1.807) is 0 Å². The minimum Gasteiger partial charge on any atom is -0.343 e. The standard InChI is InChI=1S/C21H22ClN5OS/c1-3-25(4-2)19(28)14-29-21-24-23-20-26(13-15-9-5-6-10-16(15)22)17-11-7-8-12-18(17)27(20)21/h5-12H,3-4,13-14H2,1-2H3. The van der Waals surface area contributed by atoms with Crippen LogP contribution in [0.2, 0.25) is 5.02 Å². The molecule has 0 aliphatic heterocycles. The molecule has 2 heterocycles. The van der Waals surface area contributed by atoms with Gasteiger partial charge in [0.05, 0.1) is 23.3 Å². The van der Waals surface area contributed by atoms with Crippen molar-refractivity contribution in [2.45, 2.75) is 25.5 Å². The molecule has 4 aromatic rings. The molecule has 0 atom stereocenters. The number of thioether (sulfide) groups is 1. The lowest BCUT2D eigenvalue weighted by atomic mass is 10.2. The van der Waals surface area contributed by atoms with Crippen LogP contribution < -0.4 is 0 Å². The molecule has 0 saturated heterocycles. The van der Waals surface area contributed by atoms with E-state index in [0.29, 0.717) is 25.4 Å². The average molecular weight is 428 g/mol. The van der Waals surface area contributed by atoms with Crippen molar-refractivity contribution in [1.29, 1.82) is 0 Å². The molecule has 0 N–H and O–H groups in total. The fourth-order valence-electron chi connectivity index (χ4n) is 3.48. The second-order valence-electron chi connectivity index (χ2n) is 6.64. The summed E-state index contributed by atoms with van der Waals surface area (Å²) in [5, 5.41) is 10.2. The fourth-order valence-corrected chi connectivity index (χ4v) is 4.52. The SMILES string of the molecule is CCN(CC)C(=O)CSc1nnc2n(Cc3ccccc3Cl)c3ccccc3n12. The average Bonchev–Trinajstić information content (AvgIpc) is 3.28. The first-order chi connectivity index (χ1) is 14.1. The van der Waals surface area contributed by atoms with E-state index in [1.807, 2.05) is 65.6 Å². The maximum absolute atomic E-state index is 12.4. The molecule has 2 aromatic carbocycles. The summed E-state index contributed by atoms with van der Waals surface area (Å²) in [5.74, 6) is 1.19. The van der Waals surface area contributed by atoms with Gasteiger partial charge in [-0.3, -0.25) is 9.20 Å². The Labute approximate surface area is 178 Å². The number of carbonyl (C=O) groups is 1. The smallest absolute Gasteiger partial charge is 0.237 e. The molecule has 8 heteroatoms. The van der Waals surface area contributed by atoms with Gasteiger partial charge in [-0.25, -0.2) is 0 Å². The van der Waals surface area contributed by atoms with Gasteiger partial charge in [-0.2, -0.15) is 0 Å². The van der Waals surface area contributed by atoms with E-state index in [2.05, 4.69) is 20.8 Å². The molecule has 29 heavy (non-hydrogen) atoms. The Morgan fingerprint density at radius 2 is 1.72 bits per heavy atom. The van der Waals surface area contributed by atoms with Gasteiger partial charge in [0, 0.05) is 18.1 Å². The minimum absolute atomic E-state index is 0.108. The zero-order valence-corrected chi connectivity index (χ0v) is 18.0. The maximum Gasteiger partial charge on any atom is 0.237 e. The molecule has 0 bridgehead atoms. The summed E-state index contributed by atoms with van der Waals surface area (Å²) in [4.78, 5) is 14.2. The summed E-state index contributed by atoms with van der Waals surface area (Å²) in [6, 6.07) is 15.9. The normalized spacial score (nSPS) is 11.4. The van der Waals surface area contributed by atoms with Gasteiger partial charge in [-0.05, 0) is 37.6 Å². The number of hydrogen-bond acceptors (Lipinski definition) is 4. The van der Waals surface area contributed by atoms with Gasteiger partial charge in [0.2, 0.25) is 11.7 Å². The number of carbonyl (C=O) groups excluding carboxylic acids is 1. The number of imidazole rings is 1. The van der Waals surface area contributed by atoms with E-state index in [-0.39, 0.29) is 5.91 Å². The Morgan fingerprint density at radius 3 is 2.45 bits per heavy atom. The maximum atomic E-state index is 12.4. The number of halogens is 1. The van der Waals surface area contributed by atoms with E-state index < -0.39 is 0 Å². The van der Waals surface area contributed by atoms with Crippen LogP contribution >= 0.6 is 23.4 Å². The van der Waals surface area contributed by atoms with Gasteiger partial charge in [-0.15, -0.1) is 10.2 Å². The lowest BCUT2D eigenvalue weighted by molar-refractivity contribution is -0.127. The van der Waals surface area contributed by atoms with Crippen LogP contribution in [0.15, 0.2) is 53.7 Å². The third-order valence-electron chi connectivity index (χ3n) is 5.00. The molecule has 1 amide bonds. The summed E-state index contributed by atoms with van der Waals surface area (Å²) in [6.45, 7) is 6.00. The lowest BCUT2D eigenvalue weighted by Crippen LogP contribution is -2.31. The largest absolute Gasteiger partial charge is 0.343 e. The number of amides is 1. The van der Waals surface area contributed by atoms with Gasteiger partial charge < -0.3 is 9.47 Å². The molecule has 0 fully saturated rings. The fraction of sp³-hybridized carbons (Fsp3) is 0.286. The van der Waals surface area contributed by atoms with Crippen molar-refractivity contribution in [3.05, 3.63) is 59.1 Å². The van der Waals surface area contributed by atoms with E-state index in [4.69, 9.17) is 11.6 Å². The minimum atomic E-state index is 0.108. The van der Waals surface area contributed by atoms with E-state index in [0.717, 1.165) is 32.6 Å². The molecule has 6 nitrogen and oxygen atoms in total. The second-order valence-corrected chi connectivity index (χ2v) is 7.99. The molecule has 0 radical (unpaired) electrons. The Hall–Kier alpha value is -2.51. The number of nitrogens with zero attached hydrogens (tertiary/aromatic N) is 5. The number of para-hydroxylation sites is 2. The highest BCUT2D eigenvalue weighted by molar-refractivity contribution is 7.99. The van der Waals surface area contributed by atoms with E-state index >= 15 is 0 Å². The monoisotopic (exact) mass is 427 g/mol. The Balaban J connectivity index is 1.73. The molecular weight excluding hydrogens is 406 g/mol. The zero-order chi connectivity index (χ0) is 20.4. The van der Waals surface area contributed by atoms with Crippen LogP contribution in [-0.4, -0.2) is 48.8 Å². The topological polar surface area (TPSA) is 55.4 Å². The number of hydrogen-bond donors (Lipinski definition) is 0. The van der Waals surface area contributed by atoms with Crippen molar-refractivity contribution in [3.63, 3.8) is 0 Å². The summed E-state index contributed by atoms with van der Waals surface area (Å²) in [6.07, 6.45) is 0. The first-order valence-electron chi connectivity index (χ1n) is 9.60. The predicted octanol–water partition coefficient (Wildman–Crippen LogP) is 4.35. The van der Waals surface area contributed by atoms with Crippen LogP contribution in [0.25, 0.3) is 16.8 Å².